The second-order valence-corrected chi connectivity index (χ2v) is 11.2. The summed E-state index contributed by atoms with van der Waals surface area (Å²) in [5, 5.41) is 12.8. The van der Waals surface area contributed by atoms with Crippen LogP contribution in [0.3, 0.4) is 0 Å². The van der Waals surface area contributed by atoms with E-state index in [9.17, 15) is 14.7 Å². The van der Waals surface area contributed by atoms with E-state index in [4.69, 9.17) is 9.47 Å². The highest BCUT2D eigenvalue weighted by Gasteiger charge is 2.19. The minimum atomic E-state index is -0.867. The van der Waals surface area contributed by atoms with Gasteiger partial charge in [-0.2, -0.15) is 4.98 Å². The van der Waals surface area contributed by atoms with Crippen LogP contribution in [0, 0.1) is 6.92 Å². The summed E-state index contributed by atoms with van der Waals surface area (Å²) in [5.41, 5.74) is 6.90. The molecule has 6 aromatic rings. The second kappa shape index (κ2) is 13.0. The van der Waals surface area contributed by atoms with Crippen molar-refractivity contribution in [3.8, 4) is 17.4 Å². The van der Waals surface area contributed by atoms with Gasteiger partial charge >= 0.3 is 11.7 Å². The molecule has 0 amide bonds. The number of imidazole rings is 1. The van der Waals surface area contributed by atoms with Crippen LogP contribution in [0.2, 0.25) is 0 Å². The Labute approximate surface area is 266 Å². The van der Waals surface area contributed by atoms with Crippen molar-refractivity contribution in [3.05, 3.63) is 142 Å². The van der Waals surface area contributed by atoms with Gasteiger partial charge in [0.05, 0.1) is 17.0 Å². The molecule has 0 aliphatic rings. The van der Waals surface area contributed by atoms with Crippen LogP contribution in [0.1, 0.15) is 35.1 Å². The number of aliphatic carboxylic acids is 1. The van der Waals surface area contributed by atoms with Crippen molar-refractivity contribution in [1.29, 1.82) is 0 Å². The van der Waals surface area contributed by atoms with Crippen LogP contribution in [-0.4, -0.2) is 25.2 Å². The number of nitrogens with zero attached hydrogens (tertiary/aromatic N) is 3. The Balaban J connectivity index is 1.34. The number of ether oxygens (including phenoxy) is 2. The fraction of sp³-hybridized carbons (Fsp3) is 0.162. The van der Waals surface area contributed by atoms with E-state index in [1.165, 1.54) is 0 Å². The van der Waals surface area contributed by atoms with Crippen LogP contribution >= 0.6 is 0 Å². The molecule has 2 heterocycles. The molecule has 9 nitrogen and oxygen atoms in total. The number of benzene rings is 4. The average Bonchev–Trinajstić information content (AvgIpc) is 3.32. The third-order valence-corrected chi connectivity index (χ3v) is 7.96. The molecule has 0 fully saturated rings. The summed E-state index contributed by atoms with van der Waals surface area (Å²) in [7, 11) is 1.73. The van der Waals surface area contributed by atoms with E-state index >= 15 is 0 Å². The maximum atomic E-state index is 13.7. The van der Waals surface area contributed by atoms with Crippen LogP contribution in [-0.2, 0) is 25.1 Å². The first kappa shape index (κ1) is 30.2. The van der Waals surface area contributed by atoms with E-state index in [0.29, 0.717) is 29.2 Å². The van der Waals surface area contributed by atoms with E-state index in [2.05, 4.69) is 10.3 Å². The Morgan fingerprint density at radius 2 is 1.52 bits per heavy atom. The lowest BCUT2D eigenvalue weighted by Crippen LogP contribution is -2.21. The first-order valence-corrected chi connectivity index (χ1v) is 14.9. The minimum Gasteiger partial charge on any atom is -0.481 e. The molecule has 0 spiro atoms. The molecule has 2 aromatic heterocycles. The summed E-state index contributed by atoms with van der Waals surface area (Å²) in [6, 6.07) is 34.4. The van der Waals surface area contributed by atoms with Crippen LogP contribution < -0.4 is 20.5 Å². The molecule has 232 valence electrons. The average molecular weight is 615 g/mol. The minimum absolute atomic E-state index is 0.250. The largest absolute Gasteiger partial charge is 0.481 e. The van der Waals surface area contributed by atoms with Crippen molar-refractivity contribution in [2.24, 2.45) is 7.05 Å². The number of carboxylic acid groups (broad SMARTS) is 1. The molecule has 6 rings (SSSR count). The van der Waals surface area contributed by atoms with Gasteiger partial charge < -0.3 is 19.9 Å². The fourth-order valence-corrected chi connectivity index (χ4v) is 5.27. The number of anilines is 2. The normalized spacial score (nSPS) is 11.7. The van der Waals surface area contributed by atoms with E-state index in [0.717, 1.165) is 33.6 Å². The topological polar surface area (TPSA) is 108 Å². The van der Waals surface area contributed by atoms with Crippen molar-refractivity contribution < 1.29 is 19.4 Å². The molecule has 4 aromatic carbocycles. The lowest BCUT2D eigenvalue weighted by molar-refractivity contribution is -0.138. The van der Waals surface area contributed by atoms with Crippen molar-refractivity contribution in [1.82, 2.24) is 14.1 Å². The second-order valence-electron chi connectivity index (χ2n) is 11.2. The zero-order chi connectivity index (χ0) is 32.2. The Hall–Kier alpha value is -5.83. The summed E-state index contributed by atoms with van der Waals surface area (Å²) in [4.78, 5) is 29.9. The van der Waals surface area contributed by atoms with Crippen molar-refractivity contribution in [2.75, 3.05) is 5.32 Å². The zero-order valence-corrected chi connectivity index (χ0v) is 25.8. The number of carbonyl (C=O) groups is 1. The number of rotatable bonds is 11. The van der Waals surface area contributed by atoms with Gasteiger partial charge in [0.25, 0.3) is 0 Å². The third-order valence-electron chi connectivity index (χ3n) is 7.96. The van der Waals surface area contributed by atoms with Crippen LogP contribution in [0.25, 0.3) is 16.7 Å². The van der Waals surface area contributed by atoms with Crippen LogP contribution in [0.4, 0.5) is 11.4 Å². The van der Waals surface area contributed by atoms with Crippen molar-refractivity contribution in [3.63, 3.8) is 0 Å². The zero-order valence-electron chi connectivity index (χ0n) is 25.8. The van der Waals surface area contributed by atoms with Crippen LogP contribution in [0.15, 0.2) is 114 Å². The molecular weight excluding hydrogens is 580 g/mol. The number of nitrogens with one attached hydrogen (secondary N) is 1. The lowest BCUT2D eigenvalue weighted by atomic mass is 9.98. The molecule has 2 N–H and O–H groups in total. The number of pyridine rings is 1. The number of aromatic nitrogens is 3. The molecule has 0 bridgehead atoms. The number of hydrogen-bond donors (Lipinski definition) is 2. The highest BCUT2D eigenvalue weighted by atomic mass is 16.5. The summed E-state index contributed by atoms with van der Waals surface area (Å²) >= 11 is 0. The van der Waals surface area contributed by atoms with Crippen molar-refractivity contribution >= 4 is 28.4 Å². The van der Waals surface area contributed by atoms with Gasteiger partial charge in [-0.1, -0.05) is 72.8 Å². The first-order valence-electron chi connectivity index (χ1n) is 14.9. The predicted molar refractivity (Wildman–Crippen MR) is 178 cm³/mol. The van der Waals surface area contributed by atoms with E-state index < -0.39 is 11.9 Å². The summed E-state index contributed by atoms with van der Waals surface area (Å²) < 4.78 is 15.4. The standard InChI is InChI=1S/C37H34N4O5/c1-24-20-28(25(2)36(42)43)14-16-30(24)38-29-15-17-31-33(21-29)40(3)37(44)41(31)32-18-19-34(45-22-26-10-6-4-7-11-26)39-35(32)46-23-27-12-8-5-9-13-27/h4-21,25,38H,22-23H2,1-3H3,(H,42,43). The van der Waals surface area contributed by atoms with Gasteiger partial charge in [-0.15, -0.1) is 0 Å². The maximum Gasteiger partial charge on any atom is 0.333 e. The molecule has 9 heteroatoms. The Bertz CT molecular complexity index is 2070. The van der Waals surface area contributed by atoms with Gasteiger partial charge in [-0.3, -0.25) is 13.9 Å². The smallest absolute Gasteiger partial charge is 0.333 e. The molecule has 0 aliphatic heterocycles. The third kappa shape index (κ3) is 6.34. The Kier molecular flexibility index (Phi) is 8.56. The van der Waals surface area contributed by atoms with E-state index in [1.807, 2.05) is 104 Å². The quantitative estimate of drug-likeness (QED) is 0.160. The number of fused-ring (bicyclic) bond motifs is 1. The molecule has 1 unspecified atom stereocenters. The predicted octanol–water partition coefficient (Wildman–Crippen LogP) is 7.12. The fourth-order valence-electron chi connectivity index (χ4n) is 5.27. The summed E-state index contributed by atoms with van der Waals surface area (Å²) in [5.74, 6) is -0.805. The van der Waals surface area contributed by atoms with Gasteiger partial charge in [-0.25, -0.2) is 4.79 Å². The first-order chi connectivity index (χ1) is 22.3. The molecule has 0 saturated carbocycles. The van der Waals surface area contributed by atoms with E-state index in [-0.39, 0.29) is 18.2 Å². The molecule has 0 aliphatic carbocycles. The Morgan fingerprint density at radius 1 is 0.848 bits per heavy atom. The Morgan fingerprint density at radius 3 is 2.17 bits per heavy atom. The SMILES string of the molecule is Cc1cc(C(C)C(=O)O)ccc1Nc1ccc2c(c1)n(C)c(=O)n2-c1ccc(OCc2ccccc2)nc1OCc1ccccc1. The highest BCUT2D eigenvalue weighted by molar-refractivity contribution is 5.84. The molecule has 0 saturated heterocycles. The summed E-state index contributed by atoms with van der Waals surface area (Å²) in [6.45, 7) is 4.21. The van der Waals surface area contributed by atoms with Gasteiger partial charge in [0, 0.05) is 24.5 Å². The number of hydrogen-bond acceptors (Lipinski definition) is 6. The van der Waals surface area contributed by atoms with Crippen molar-refractivity contribution in [2.45, 2.75) is 33.0 Å². The molecule has 46 heavy (non-hydrogen) atoms. The molecular formula is C37H34N4O5. The van der Waals surface area contributed by atoms with Crippen LogP contribution in [0.5, 0.6) is 11.8 Å². The maximum absolute atomic E-state index is 13.7. The molecule has 0 radical (unpaired) electrons. The van der Waals surface area contributed by atoms with Gasteiger partial charge in [0.15, 0.2) is 0 Å². The highest BCUT2D eigenvalue weighted by Crippen LogP contribution is 2.31. The lowest BCUT2D eigenvalue weighted by Gasteiger charge is -2.14. The summed E-state index contributed by atoms with van der Waals surface area (Å²) in [6.07, 6.45) is 0. The van der Waals surface area contributed by atoms with Gasteiger partial charge in [0.2, 0.25) is 11.8 Å². The van der Waals surface area contributed by atoms with E-state index in [1.54, 1.807) is 35.2 Å². The molecule has 1 atom stereocenters. The number of carboxylic acids is 1. The number of aryl methyl sites for hydroxylation is 2. The van der Waals surface area contributed by atoms with Gasteiger partial charge in [-0.05, 0) is 66.4 Å². The van der Waals surface area contributed by atoms with Gasteiger partial charge in [0.1, 0.15) is 18.9 Å². The monoisotopic (exact) mass is 614 g/mol.